The molecule has 0 unspecified atom stereocenters. The van der Waals surface area contributed by atoms with Gasteiger partial charge in [-0.2, -0.15) is 0 Å². The number of benzene rings is 1. The molecule has 0 aliphatic rings. The molecule has 1 aromatic heterocycles. The average Bonchev–Trinajstić information content (AvgIpc) is 2.44. The van der Waals surface area contributed by atoms with E-state index in [0.717, 1.165) is 18.0 Å². The lowest BCUT2D eigenvalue weighted by atomic mass is 10.3. The van der Waals surface area contributed by atoms with Crippen molar-refractivity contribution in [3.8, 4) is 5.75 Å². The summed E-state index contributed by atoms with van der Waals surface area (Å²) in [6, 6.07) is 9.18. The van der Waals surface area contributed by atoms with Crippen LogP contribution in [-0.4, -0.2) is 18.6 Å². The van der Waals surface area contributed by atoms with Crippen molar-refractivity contribution < 1.29 is 4.74 Å². The third-order valence-electron chi connectivity index (χ3n) is 2.61. The van der Waals surface area contributed by atoms with Gasteiger partial charge < -0.3 is 15.4 Å². The summed E-state index contributed by atoms with van der Waals surface area (Å²) in [5.74, 6) is 1.90. The van der Waals surface area contributed by atoms with Crippen LogP contribution in [0.1, 0.15) is 6.92 Å². The summed E-state index contributed by atoms with van der Waals surface area (Å²) >= 11 is 12.2. The van der Waals surface area contributed by atoms with Gasteiger partial charge in [0.05, 0.1) is 17.2 Å². The Labute approximate surface area is 128 Å². The molecular formula is C14H15Cl2N3O. The molecule has 106 valence electrons. The van der Waals surface area contributed by atoms with Gasteiger partial charge in [-0.25, -0.2) is 4.98 Å². The van der Waals surface area contributed by atoms with Crippen LogP contribution in [0.15, 0.2) is 30.3 Å². The Morgan fingerprint density at radius 2 is 1.90 bits per heavy atom. The Hall–Kier alpha value is -1.65. The predicted molar refractivity (Wildman–Crippen MR) is 84.7 cm³/mol. The van der Waals surface area contributed by atoms with Gasteiger partial charge in [0.25, 0.3) is 0 Å². The first-order chi connectivity index (χ1) is 9.63. The SMILES string of the molecule is CCNc1nc(Nc2cccc(OC)c2)c(Cl)cc1Cl. The molecule has 0 atom stereocenters. The molecule has 2 rings (SSSR count). The molecule has 0 aliphatic heterocycles. The summed E-state index contributed by atoms with van der Waals surface area (Å²) in [6.45, 7) is 2.70. The van der Waals surface area contributed by atoms with E-state index in [4.69, 9.17) is 27.9 Å². The van der Waals surface area contributed by atoms with Crippen LogP contribution in [0.5, 0.6) is 5.75 Å². The molecule has 20 heavy (non-hydrogen) atoms. The zero-order chi connectivity index (χ0) is 14.5. The smallest absolute Gasteiger partial charge is 0.151 e. The van der Waals surface area contributed by atoms with Crippen molar-refractivity contribution in [2.75, 3.05) is 24.3 Å². The second kappa shape index (κ2) is 6.68. The maximum atomic E-state index is 6.16. The fourth-order valence-electron chi connectivity index (χ4n) is 1.68. The number of hydrogen-bond donors (Lipinski definition) is 2. The first kappa shape index (κ1) is 14.8. The molecule has 1 aromatic carbocycles. The molecule has 0 saturated carbocycles. The number of pyridine rings is 1. The van der Waals surface area contributed by atoms with Gasteiger partial charge in [-0.15, -0.1) is 0 Å². The molecule has 0 aliphatic carbocycles. The molecule has 0 spiro atoms. The van der Waals surface area contributed by atoms with Gasteiger partial charge in [0.1, 0.15) is 11.6 Å². The highest BCUT2D eigenvalue weighted by atomic mass is 35.5. The topological polar surface area (TPSA) is 46.2 Å². The number of anilines is 3. The molecule has 2 N–H and O–H groups in total. The van der Waals surface area contributed by atoms with Crippen molar-refractivity contribution in [1.29, 1.82) is 0 Å². The quantitative estimate of drug-likeness (QED) is 0.849. The Bertz CT molecular complexity index is 605. The number of nitrogens with zero attached hydrogens (tertiary/aromatic N) is 1. The van der Waals surface area contributed by atoms with Crippen LogP contribution in [0, 0.1) is 0 Å². The van der Waals surface area contributed by atoms with Crippen LogP contribution in [0.4, 0.5) is 17.3 Å². The fourth-order valence-corrected chi connectivity index (χ4v) is 2.16. The summed E-state index contributed by atoms with van der Waals surface area (Å²) in [4.78, 5) is 4.39. The summed E-state index contributed by atoms with van der Waals surface area (Å²) in [6.07, 6.45) is 0. The van der Waals surface area contributed by atoms with Crippen molar-refractivity contribution >= 4 is 40.5 Å². The number of rotatable bonds is 5. The second-order valence-electron chi connectivity index (χ2n) is 4.04. The fraction of sp³-hybridized carbons (Fsp3) is 0.214. The minimum Gasteiger partial charge on any atom is -0.497 e. The van der Waals surface area contributed by atoms with Crippen molar-refractivity contribution in [2.24, 2.45) is 0 Å². The van der Waals surface area contributed by atoms with Gasteiger partial charge in [-0.1, -0.05) is 29.3 Å². The summed E-state index contributed by atoms with van der Waals surface area (Å²) in [5.41, 5.74) is 0.837. The van der Waals surface area contributed by atoms with E-state index in [1.807, 2.05) is 31.2 Å². The number of ether oxygens (including phenoxy) is 1. The molecule has 0 fully saturated rings. The Kier molecular flexibility index (Phi) is 4.93. The highest BCUT2D eigenvalue weighted by molar-refractivity contribution is 6.37. The molecular weight excluding hydrogens is 297 g/mol. The lowest BCUT2D eigenvalue weighted by Crippen LogP contribution is -2.03. The summed E-state index contributed by atoms with van der Waals surface area (Å²) < 4.78 is 5.18. The monoisotopic (exact) mass is 311 g/mol. The third-order valence-corrected chi connectivity index (χ3v) is 3.18. The third kappa shape index (κ3) is 3.46. The van der Waals surface area contributed by atoms with E-state index in [2.05, 4.69) is 15.6 Å². The van der Waals surface area contributed by atoms with Crippen molar-refractivity contribution in [3.05, 3.63) is 40.4 Å². The van der Waals surface area contributed by atoms with E-state index >= 15 is 0 Å². The van der Waals surface area contributed by atoms with Gasteiger partial charge in [0.2, 0.25) is 0 Å². The van der Waals surface area contributed by atoms with Crippen LogP contribution in [0.2, 0.25) is 10.0 Å². The van der Waals surface area contributed by atoms with E-state index in [-0.39, 0.29) is 0 Å². The standard InChI is InChI=1S/C14H15Cl2N3O/c1-3-17-13-11(15)8-12(16)14(19-13)18-9-5-4-6-10(7-9)20-2/h4-8H,3H2,1-2H3,(H2,17,18,19). The molecule has 0 saturated heterocycles. The minimum absolute atomic E-state index is 0.458. The van der Waals surface area contributed by atoms with E-state index in [1.54, 1.807) is 13.2 Å². The molecule has 0 amide bonds. The highest BCUT2D eigenvalue weighted by Gasteiger charge is 2.09. The second-order valence-corrected chi connectivity index (χ2v) is 4.85. The number of halogens is 2. The van der Waals surface area contributed by atoms with Crippen LogP contribution in [0.25, 0.3) is 0 Å². The first-order valence-corrected chi connectivity index (χ1v) is 6.90. The van der Waals surface area contributed by atoms with Crippen LogP contribution >= 0.6 is 23.2 Å². The molecule has 0 radical (unpaired) electrons. The molecule has 1 heterocycles. The molecule has 6 heteroatoms. The molecule has 2 aromatic rings. The van der Waals surface area contributed by atoms with Gasteiger partial charge in [-0.3, -0.25) is 0 Å². The lowest BCUT2D eigenvalue weighted by molar-refractivity contribution is 0.415. The minimum atomic E-state index is 0.458. The maximum absolute atomic E-state index is 6.16. The lowest BCUT2D eigenvalue weighted by Gasteiger charge is -2.12. The normalized spacial score (nSPS) is 10.2. The highest BCUT2D eigenvalue weighted by Crippen LogP contribution is 2.31. The zero-order valence-corrected chi connectivity index (χ0v) is 12.7. The van der Waals surface area contributed by atoms with Gasteiger partial charge in [0.15, 0.2) is 5.82 Å². The van der Waals surface area contributed by atoms with E-state index in [1.165, 1.54) is 0 Å². The van der Waals surface area contributed by atoms with E-state index < -0.39 is 0 Å². The Balaban J connectivity index is 2.30. The Morgan fingerprint density at radius 3 is 2.60 bits per heavy atom. The number of aromatic nitrogens is 1. The first-order valence-electron chi connectivity index (χ1n) is 6.15. The van der Waals surface area contributed by atoms with Crippen LogP contribution in [0.3, 0.4) is 0 Å². The number of methoxy groups -OCH3 is 1. The zero-order valence-electron chi connectivity index (χ0n) is 11.2. The maximum Gasteiger partial charge on any atom is 0.151 e. The number of nitrogens with one attached hydrogen (secondary N) is 2. The van der Waals surface area contributed by atoms with Crippen molar-refractivity contribution in [3.63, 3.8) is 0 Å². The number of hydrogen-bond acceptors (Lipinski definition) is 4. The Morgan fingerprint density at radius 1 is 1.15 bits per heavy atom. The van der Waals surface area contributed by atoms with Gasteiger partial charge >= 0.3 is 0 Å². The van der Waals surface area contributed by atoms with Crippen LogP contribution < -0.4 is 15.4 Å². The molecule has 4 nitrogen and oxygen atoms in total. The van der Waals surface area contributed by atoms with Gasteiger partial charge in [0, 0.05) is 18.3 Å². The van der Waals surface area contributed by atoms with Gasteiger partial charge in [-0.05, 0) is 25.1 Å². The van der Waals surface area contributed by atoms with E-state index in [0.29, 0.717) is 21.7 Å². The van der Waals surface area contributed by atoms with Crippen molar-refractivity contribution in [1.82, 2.24) is 4.98 Å². The molecule has 0 bridgehead atoms. The van der Waals surface area contributed by atoms with Crippen LogP contribution in [-0.2, 0) is 0 Å². The largest absolute Gasteiger partial charge is 0.497 e. The van der Waals surface area contributed by atoms with Crippen molar-refractivity contribution in [2.45, 2.75) is 6.92 Å². The predicted octanol–water partition coefficient (Wildman–Crippen LogP) is 4.57. The van der Waals surface area contributed by atoms with E-state index in [9.17, 15) is 0 Å². The summed E-state index contributed by atoms with van der Waals surface area (Å²) in [5, 5.41) is 7.19. The average molecular weight is 312 g/mol. The summed E-state index contributed by atoms with van der Waals surface area (Å²) in [7, 11) is 1.62.